The summed E-state index contributed by atoms with van der Waals surface area (Å²) in [5.74, 6) is 0. The molecular formula is C26H21ClN4S. The summed E-state index contributed by atoms with van der Waals surface area (Å²) in [6.07, 6.45) is 2.18. The molecule has 3 aromatic carbocycles. The Balaban J connectivity index is 1.41. The van der Waals surface area contributed by atoms with E-state index in [2.05, 4.69) is 74.8 Å². The van der Waals surface area contributed by atoms with Gasteiger partial charge in [0.1, 0.15) is 0 Å². The second-order valence-corrected chi connectivity index (χ2v) is 8.83. The van der Waals surface area contributed by atoms with Crippen LogP contribution in [0.3, 0.4) is 0 Å². The van der Waals surface area contributed by atoms with E-state index in [-0.39, 0.29) is 0 Å². The Labute approximate surface area is 195 Å². The van der Waals surface area contributed by atoms with E-state index in [0.29, 0.717) is 5.02 Å². The number of hydrogen-bond acceptors (Lipinski definition) is 4. The van der Waals surface area contributed by atoms with E-state index in [4.69, 9.17) is 11.6 Å². The number of rotatable bonds is 6. The van der Waals surface area contributed by atoms with Crippen LogP contribution in [-0.2, 0) is 6.54 Å². The molecule has 0 bridgehead atoms. The number of para-hydroxylation sites is 1. The number of benzene rings is 3. The molecule has 0 aliphatic heterocycles. The largest absolute Gasteiger partial charge is 0.342 e. The lowest BCUT2D eigenvalue weighted by Crippen LogP contribution is -2.00. The van der Waals surface area contributed by atoms with Crippen molar-refractivity contribution in [2.75, 3.05) is 5.43 Å². The molecule has 158 valence electrons. The quantitative estimate of drug-likeness (QED) is 0.215. The van der Waals surface area contributed by atoms with Gasteiger partial charge in [-0.25, -0.2) is 4.98 Å². The van der Waals surface area contributed by atoms with E-state index in [0.717, 1.165) is 34.2 Å². The molecule has 0 radical (unpaired) electrons. The zero-order valence-electron chi connectivity index (χ0n) is 17.5. The highest BCUT2D eigenvalue weighted by Gasteiger charge is 2.11. The van der Waals surface area contributed by atoms with Crippen molar-refractivity contribution in [3.63, 3.8) is 0 Å². The summed E-state index contributed by atoms with van der Waals surface area (Å²) >= 11 is 7.63. The molecule has 0 saturated heterocycles. The van der Waals surface area contributed by atoms with Gasteiger partial charge < -0.3 is 4.57 Å². The number of halogens is 1. The number of fused-ring (bicyclic) bond motifs is 1. The maximum Gasteiger partial charge on any atom is 0.203 e. The molecule has 5 aromatic rings. The third-order valence-corrected chi connectivity index (χ3v) is 6.30. The minimum absolute atomic E-state index is 0.700. The summed E-state index contributed by atoms with van der Waals surface area (Å²) < 4.78 is 2.28. The number of nitrogens with zero attached hydrogens (tertiary/aromatic N) is 3. The Morgan fingerprint density at radius 2 is 1.84 bits per heavy atom. The second kappa shape index (κ2) is 8.99. The van der Waals surface area contributed by atoms with Gasteiger partial charge in [-0.1, -0.05) is 72.3 Å². The van der Waals surface area contributed by atoms with E-state index in [1.165, 1.54) is 27.8 Å². The van der Waals surface area contributed by atoms with Gasteiger partial charge in [0.2, 0.25) is 5.13 Å². The second-order valence-electron chi connectivity index (χ2n) is 7.53. The maximum absolute atomic E-state index is 6.11. The lowest BCUT2D eigenvalue weighted by atomic mass is 10.1. The van der Waals surface area contributed by atoms with Crippen molar-refractivity contribution < 1.29 is 0 Å². The van der Waals surface area contributed by atoms with E-state index >= 15 is 0 Å². The maximum atomic E-state index is 6.11. The molecule has 0 atom stereocenters. The number of aromatic nitrogens is 2. The Kier molecular flexibility index (Phi) is 5.75. The molecule has 2 heterocycles. The molecule has 6 heteroatoms. The van der Waals surface area contributed by atoms with E-state index in [9.17, 15) is 0 Å². The summed E-state index contributed by atoms with van der Waals surface area (Å²) in [4.78, 5) is 4.65. The van der Waals surface area contributed by atoms with Gasteiger partial charge in [0.15, 0.2) is 0 Å². The molecule has 2 aromatic heterocycles. The van der Waals surface area contributed by atoms with Gasteiger partial charge in [0, 0.05) is 45.2 Å². The number of hydrazone groups is 1. The van der Waals surface area contributed by atoms with Crippen LogP contribution in [0.15, 0.2) is 95.5 Å². The van der Waals surface area contributed by atoms with Gasteiger partial charge in [-0.3, -0.25) is 5.43 Å². The van der Waals surface area contributed by atoms with Crippen molar-refractivity contribution in [2.45, 2.75) is 13.5 Å². The normalized spacial score (nSPS) is 11.8. The van der Waals surface area contributed by atoms with Gasteiger partial charge in [0.05, 0.1) is 11.4 Å². The molecule has 0 saturated carbocycles. The molecule has 5 rings (SSSR count). The Hall–Kier alpha value is -3.41. The van der Waals surface area contributed by atoms with Crippen molar-refractivity contribution in [3.8, 4) is 11.3 Å². The molecule has 4 nitrogen and oxygen atoms in total. The minimum atomic E-state index is 0.700. The Bertz CT molecular complexity index is 1400. The summed E-state index contributed by atoms with van der Waals surface area (Å²) in [6, 6.07) is 26.6. The molecule has 0 spiro atoms. The fourth-order valence-corrected chi connectivity index (χ4v) is 4.60. The van der Waals surface area contributed by atoms with Gasteiger partial charge in [-0.2, -0.15) is 5.10 Å². The van der Waals surface area contributed by atoms with Crippen molar-refractivity contribution in [1.29, 1.82) is 0 Å². The average molecular weight is 457 g/mol. The van der Waals surface area contributed by atoms with Crippen LogP contribution in [0, 0.1) is 0 Å². The van der Waals surface area contributed by atoms with Gasteiger partial charge in [-0.05, 0) is 30.7 Å². The van der Waals surface area contributed by atoms with E-state index in [1.807, 2.05) is 42.6 Å². The fraction of sp³-hybridized carbons (Fsp3) is 0.0769. The van der Waals surface area contributed by atoms with Crippen LogP contribution < -0.4 is 5.43 Å². The monoisotopic (exact) mass is 456 g/mol. The predicted octanol–water partition coefficient (Wildman–Crippen LogP) is 7.30. The van der Waals surface area contributed by atoms with Crippen LogP contribution in [-0.4, -0.2) is 15.3 Å². The van der Waals surface area contributed by atoms with Crippen LogP contribution in [0.25, 0.3) is 22.2 Å². The number of hydrogen-bond donors (Lipinski definition) is 1. The van der Waals surface area contributed by atoms with Crippen LogP contribution in [0.2, 0.25) is 5.02 Å². The summed E-state index contributed by atoms with van der Waals surface area (Å²) in [5.41, 5.74) is 9.48. The summed E-state index contributed by atoms with van der Waals surface area (Å²) in [7, 11) is 0. The molecule has 0 amide bonds. The summed E-state index contributed by atoms with van der Waals surface area (Å²) in [6.45, 7) is 2.84. The Morgan fingerprint density at radius 3 is 2.69 bits per heavy atom. The SMILES string of the molecule is CC(=NNc1nc(-c2cccc(Cl)c2)cs1)c1cn(Cc2ccccc2)c2ccccc12. The Morgan fingerprint density at radius 1 is 1.03 bits per heavy atom. The molecule has 0 unspecified atom stereocenters. The van der Waals surface area contributed by atoms with Gasteiger partial charge in [-0.15, -0.1) is 11.3 Å². The molecule has 0 aliphatic carbocycles. The van der Waals surface area contributed by atoms with Crippen LogP contribution in [0.1, 0.15) is 18.1 Å². The number of thiazole rings is 1. The number of nitrogens with one attached hydrogen (secondary N) is 1. The van der Waals surface area contributed by atoms with Crippen molar-refractivity contribution in [3.05, 3.63) is 107 Å². The predicted molar refractivity (Wildman–Crippen MR) is 136 cm³/mol. The van der Waals surface area contributed by atoms with Crippen LogP contribution in [0.4, 0.5) is 5.13 Å². The lowest BCUT2D eigenvalue weighted by Gasteiger charge is -2.05. The first-order valence-electron chi connectivity index (χ1n) is 10.3. The van der Waals surface area contributed by atoms with Crippen LogP contribution >= 0.6 is 22.9 Å². The topological polar surface area (TPSA) is 42.2 Å². The van der Waals surface area contributed by atoms with Crippen molar-refractivity contribution >= 4 is 44.7 Å². The highest BCUT2D eigenvalue weighted by molar-refractivity contribution is 7.14. The standard InChI is InChI=1S/C26H21ClN4S/c1-18(29-30-26-28-24(17-32-26)20-10-7-11-21(27)14-20)23-16-31(15-19-8-3-2-4-9-19)25-13-6-5-12-22(23)25/h2-14,16-17H,15H2,1H3,(H,28,30). The minimum Gasteiger partial charge on any atom is -0.342 e. The zero-order chi connectivity index (χ0) is 21.9. The molecule has 32 heavy (non-hydrogen) atoms. The first-order valence-corrected chi connectivity index (χ1v) is 11.6. The number of anilines is 1. The fourth-order valence-electron chi connectivity index (χ4n) is 3.74. The first-order chi connectivity index (χ1) is 15.7. The first kappa shape index (κ1) is 20.5. The summed E-state index contributed by atoms with van der Waals surface area (Å²) in [5, 5.41) is 9.27. The molecule has 0 aliphatic rings. The highest BCUT2D eigenvalue weighted by Crippen LogP contribution is 2.27. The van der Waals surface area contributed by atoms with Crippen LogP contribution in [0.5, 0.6) is 0 Å². The third kappa shape index (κ3) is 4.31. The van der Waals surface area contributed by atoms with Gasteiger partial charge in [0.25, 0.3) is 0 Å². The molecular weight excluding hydrogens is 436 g/mol. The van der Waals surface area contributed by atoms with E-state index < -0.39 is 0 Å². The van der Waals surface area contributed by atoms with Crippen molar-refractivity contribution in [1.82, 2.24) is 9.55 Å². The third-order valence-electron chi connectivity index (χ3n) is 5.32. The van der Waals surface area contributed by atoms with E-state index in [1.54, 1.807) is 0 Å². The highest BCUT2D eigenvalue weighted by atomic mass is 35.5. The lowest BCUT2D eigenvalue weighted by molar-refractivity contribution is 0.836. The zero-order valence-corrected chi connectivity index (χ0v) is 19.1. The molecule has 0 fully saturated rings. The van der Waals surface area contributed by atoms with Crippen molar-refractivity contribution in [2.24, 2.45) is 5.10 Å². The smallest absolute Gasteiger partial charge is 0.203 e. The van der Waals surface area contributed by atoms with Gasteiger partial charge >= 0.3 is 0 Å². The average Bonchev–Trinajstić information content (AvgIpc) is 3.44. The molecule has 1 N–H and O–H groups in total.